The monoisotopic (exact) mass is 407 g/mol. The van der Waals surface area contributed by atoms with Crippen molar-refractivity contribution in [1.82, 2.24) is 9.88 Å². The molecule has 1 aromatic carbocycles. The molecule has 1 amide bonds. The van der Waals surface area contributed by atoms with E-state index in [2.05, 4.69) is 47.1 Å². The van der Waals surface area contributed by atoms with Crippen molar-refractivity contribution in [1.29, 1.82) is 0 Å². The zero-order valence-corrected chi connectivity index (χ0v) is 18.6. The maximum Gasteiger partial charge on any atom is 0.410 e. The van der Waals surface area contributed by atoms with E-state index >= 15 is 0 Å². The predicted octanol–water partition coefficient (Wildman–Crippen LogP) is 4.94. The fraction of sp³-hybridized carbons (Fsp3) is 0.520. The van der Waals surface area contributed by atoms with E-state index in [-0.39, 0.29) is 6.09 Å². The number of carbonyl (C=O) groups is 1. The molecule has 0 unspecified atom stereocenters. The van der Waals surface area contributed by atoms with Crippen LogP contribution in [0.4, 0.5) is 10.5 Å². The van der Waals surface area contributed by atoms with E-state index in [0.717, 1.165) is 44.6 Å². The highest BCUT2D eigenvalue weighted by atomic mass is 16.6. The zero-order chi connectivity index (χ0) is 21.3. The Morgan fingerprint density at radius 2 is 2.07 bits per heavy atom. The molecule has 0 radical (unpaired) electrons. The van der Waals surface area contributed by atoms with Crippen molar-refractivity contribution in [2.45, 2.75) is 64.5 Å². The van der Waals surface area contributed by atoms with Gasteiger partial charge in [-0.05, 0) is 64.3 Å². The van der Waals surface area contributed by atoms with Crippen LogP contribution in [0.1, 0.15) is 56.4 Å². The number of fused-ring (bicyclic) bond motifs is 3. The van der Waals surface area contributed by atoms with Crippen molar-refractivity contribution < 1.29 is 9.53 Å². The van der Waals surface area contributed by atoms with Crippen LogP contribution < -0.4 is 4.90 Å². The molecule has 0 aliphatic carbocycles. The summed E-state index contributed by atoms with van der Waals surface area (Å²) in [6.07, 6.45) is 4.67. The molecule has 2 aromatic rings. The third kappa shape index (κ3) is 4.45. The normalized spacial score (nSPS) is 21.1. The summed E-state index contributed by atoms with van der Waals surface area (Å²) >= 11 is 0. The highest BCUT2D eigenvalue weighted by Crippen LogP contribution is 2.44. The molecule has 1 saturated heterocycles. The fourth-order valence-electron chi connectivity index (χ4n) is 4.79. The Morgan fingerprint density at radius 1 is 1.23 bits per heavy atom. The predicted molar refractivity (Wildman–Crippen MR) is 120 cm³/mol. The van der Waals surface area contributed by atoms with Crippen LogP contribution >= 0.6 is 0 Å². The fourth-order valence-corrected chi connectivity index (χ4v) is 4.79. The Bertz CT molecular complexity index is 891. The lowest BCUT2D eigenvalue weighted by Gasteiger charge is -2.30. The lowest BCUT2D eigenvalue weighted by atomic mass is 9.92. The molecule has 0 bridgehead atoms. The number of anilines is 1. The summed E-state index contributed by atoms with van der Waals surface area (Å²) in [4.78, 5) is 21.8. The van der Waals surface area contributed by atoms with E-state index in [0.29, 0.717) is 12.0 Å². The number of ether oxygens (including phenoxy) is 1. The highest BCUT2D eigenvalue weighted by molar-refractivity contribution is 5.69. The van der Waals surface area contributed by atoms with Gasteiger partial charge in [-0.3, -0.25) is 4.98 Å². The molecule has 3 heterocycles. The topological polar surface area (TPSA) is 45.7 Å². The van der Waals surface area contributed by atoms with Crippen molar-refractivity contribution >= 4 is 11.8 Å². The van der Waals surface area contributed by atoms with E-state index < -0.39 is 5.60 Å². The standard InChI is InChI=1S/C25H33N3O2/c1-18-10-11-23-20(16-18)21-17-27(24(29)30-25(2,3)4)14-7-9-22(21)28(23)15-12-19-8-5-6-13-26-19/h5-6,8,10-11,13,16,21-22H,7,9,12,14-15,17H2,1-4H3/t21-,22-/m0/s1. The van der Waals surface area contributed by atoms with Gasteiger partial charge in [-0.15, -0.1) is 0 Å². The molecule has 0 N–H and O–H groups in total. The second-order valence-electron chi connectivity index (χ2n) is 9.57. The molecule has 2 aliphatic rings. The summed E-state index contributed by atoms with van der Waals surface area (Å²) in [5, 5.41) is 0. The van der Waals surface area contributed by atoms with Gasteiger partial charge in [0, 0.05) is 55.6 Å². The molecule has 1 fully saturated rings. The highest BCUT2D eigenvalue weighted by Gasteiger charge is 2.41. The number of amides is 1. The lowest BCUT2D eigenvalue weighted by Crippen LogP contribution is -2.40. The maximum atomic E-state index is 12.8. The largest absolute Gasteiger partial charge is 0.444 e. The second-order valence-corrected chi connectivity index (χ2v) is 9.57. The van der Waals surface area contributed by atoms with Crippen molar-refractivity contribution in [3.05, 3.63) is 59.4 Å². The van der Waals surface area contributed by atoms with Crippen LogP contribution in [-0.2, 0) is 11.2 Å². The van der Waals surface area contributed by atoms with Gasteiger partial charge >= 0.3 is 6.09 Å². The number of nitrogens with zero attached hydrogens (tertiary/aromatic N) is 3. The number of likely N-dealkylation sites (tertiary alicyclic amines) is 1. The Kier molecular flexibility index (Phi) is 5.72. The molecular weight excluding hydrogens is 374 g/mol. The quantitative estimate of drug-likeness (QED) is 0.723. The first-order chi connectivity index (χ1) is 14.3. The first-order valence-electron chi connectivity index (χ1n) is 11.1. The van der Waals surface area contributed by atoms with Crippen LogP contribution in [0.2, 0.25) is 0 Å². The van der Waals surface area contributed by atoms with E-state index in [4.69, 9.17) is 4.74 Å². The van der Waals surface area contributed by atoms with Crippen molar-refractivity contribution in [3.63, 3.8) is 0 Å². The number of hydrogen-bond donors (Lipinski definition) is 0. The Hall–Kier alpha value is -2.56. The summed E-state index contributed by atoms with van der Waals surface area (Å²) < 4.78 is 5.69. The molecular formula is C25H33N3O2. The number of carbonyl (C=O) groups excluding carboxylic acids is 1. The van der Waals surface area contributed by atoms with Gasteiger partial charge in [0.1, 0.15) is 5.60 Å². The smallest absolute Gasteiger partial charge is 0.410 e. The molecule has 0 saturated carbocycles. The van der Waals surface area contributed by atoms with Gasteiger partial charge in [-0.1, -0.05) is 23.8 Å². The minimum Gasteiger partial charge on any atom is -0.444 e. The van der Waals surface area contributed by atoms with Crippen molar-refractivity contribution in [2.24, 2.45) is 0 Å². The van der Waals surface area contributed by atoms with Crippen LogP contribution in [0.25, 0.3) is 0 Å². The first-order valence-corrected chi connectivity index (χ1v) is 11.1. The summed E-state index contributed by atoms with van der Waals surface area (Å²) in [5.74, 6) is 0.318. The maximum absolute atomic E-state index is 12.8. The average molecular weight is 408 g/mol. The molecule has 2 aliphatic heterocycles. The SMILES string of the molecule is Cc1ccc2c(c1)[C@@H]1CN(C(=O)OC(C)(C)C)CCC[C@@H]1N2CCc1ccccn1. The van der Waals surface area contributed by atoms with Gasteiger partial charge in [0.05, 0.1) is 0 Å². The van der Waals surface area contributed by atoms with Crippen LogP contribution in [0.3, 0.4) is 0 Å². The van der Waals surface area contributed by atoms with Crippen LogP contribution in [0, 0.1) is 6.92 Å². The van der Waals surface area contributed by atoms with Gasteiger partial charge < -0.3 is 14.5 Å². The van der Waals surface area contributed by atoms with Gasteiger partial charge in [-0.25, -0.2) is 4.79 Å². The van der Waals surface area contributed by atoms with Crippen LogP contribution in [0.5, 0.6) is 0 Å². The second kappa shape index (κ2) is 8.29. The number of rotatable bonds is 3. The number of pyridine rings is 1. The van der Waals surface area contributed by atoms with Crippen molar-refractivity contribution in [2.75, 3.05) is 24.5 Å². The number of aryl methyl sites for hydroxylation is 1. The molecule has 30 heavy (non-hydrogen) atoms. The zero-order valence-electron chi connectivity index (χ0n) is 18.6. The van der Waals surface area contributed by atoms with Crippen LogP contribution in [-0.4, -0.2) is 47.3 Å². The minimum atomic E-state index is -0.471. The Balaban J connectivity index is 1.58. The van der Waals surface area contributed by atoms with Gasteiger partial charge in [-0.2, -0.15) is 0 Å². The lowest BCUT2D eigenvalue weighted by molar-refractivity contribution is 0.0248. The van der Waals surface area contributed by atoms with Gasteiger partial charge in [0.2, 0.25) is 0 Å². The summed E-state index contributed by atoms with van der Waals surface area (Å²) in [5.41, 5.74) is 4.61. The first kappa shape index (κ1) is 20.7. The van der Waals surface area contributed by atoms with Gasteiger partial charge in [0.25, 0.3) is 0 Å². The molecule has 5 heteroatoms. The number of aromatic nitrogens is 1. The minimum absolute atomic E-state index is 0.190. The van der Waals surface area contributed by atoms with E-state index in [9.17, 15) is 4.79 Å². The van der Waals surface area contributed by atoms with Crippen molar-refractivity contribution in [3.8, 4) is 0 Å². The summed E-state index contributed by atoms with van der Waals surface area (Å²) in [6, 6.07) is 13.3. The third-order valence-corrected chi connectivity index (χ3v) is 6.09. The summed E-state index contributed by atoms with van der Waals surface area (Å²) in [6.45, 7) is 10.4. The molecule has 1 aromatic heterocycles. The van der Waals surface area contributed by atoms with E-state index in [1.54, 1.807) is 0 Å². The number of benzene rings is 1. The van der Waals surface area contributed by atoms with E-state index in [1.165, 1.54) is 16.8 Å². The van der Waals surface area contributed by atoms with Crippen LogP contribution in [0.15, 0.2) is 42.6 Å². The molecule has 5 nitrogen and oxygen atoms in total. The average Bonchev–Trinajstić information content (AvgIpc) is 2.83. The van der Waals surface area contributed by atoms with E-state index in [1.807, 2.05) is 37.9 Å². The molecule has 160 valence electrons. The molecule has 2 atom stereocenters. The Labute approximate surface area is 180 Å². The molecule has 4 rings (SSSR count). The molecule has 0 spiro atoms. The summed E-state index contributed by atoms with van der Waals surface area (Å²) in [7, 11) is 0. The Morgan fingerprint density at radius 3 is 2.80 bits per heavy atom. The van der Waals surface area contributed by atoms with Gasteiger partial charge in [0.15, 0.2) is 0 Å². The third-order valence-electron chi connectivity index (χ3n) is 6.09. The number of hydrogen-bond acceptors (Lipinski definition) is 4.